The van der Waals surface area contributed by atoms with Gasteiger partial charge in [-0.15, -0.1) is 10.2 Å². The van der Waals surface area contributed by atoms with Gasteiger partial charge in [0.25, 0.3) is 0 Å². The molecule has 0 aliphatic carbocycles. The van der Waals surface area contributed by atoms with Gasteiger partial charge in [0.15, 0.2) is 5.82 Å². The minimum absolute atomic E-state index is 0.140. The average Bonchev–Trinajstić information content (AvgIpc) is 3.18. The van der Waals surface area contributed by atoms with Crippen LogP contribution in [0, 0.1) is 11.7 Å². The number of para-hydroxylation sites is 1. The molecular formula is C28H31FN6O3. The van der Waals surface area contributed by atoms with E-state index >= 15 is 0 Å². The second-order valence-corrected chi connectivity index (χ2v) is 10.4. The third kappa shape index (κ3) is 4.33. The predicted octanol–water partition coefficient (Wildman–Crippen LogP) is 3.73. The summed E-state index contributed by atoms with van der Waals surface area (Å²) in [4.78, 5) is 17.9. The topological polar surface area (TPSA) is 119 Å². The van der Waals surface area contributed by atoms with Crippen molar-refractivity contribution in [2.75, 3.05) is 46.6 Å². The summed E-state index contributed by atoms with van der Waals surface area (Å²) < 4.78 is 14.9. The van der Waals surface area contributed by atoms with Gasteiger partial charge in [0, 0.05) is 49.5 Å². The first-order chi connectivity index (χ1) is 18.4. The molecule has 3 aromatic rings. The Hall–Kier alpha value is -4.08. The van der Waals surface area contributed by atoms with E-state index in [2.05, 4.69) is 20.0 Å². The maximum absolute atomic E-state index is 14.9. The van der Waals surface area contributed by atoms with Gasteiger partial charge in [0.1, 0.15) is 11.6 Å². The van der Waals surface area contributed by atoms with Crippen molar-refractivity contribution in [1.82, 2.24) is 10.2 Å². The van der Waals surface area contributed by atoms with Crippen LogP contribution < -0.4 is 20.4 Å². The number of carboxylic acids is 1. The second kappa shape index (κ2) is 9.66. The fraction of sp³-hybridized carbons (Fsp3) is 0.393. The standard InChI is InChI=1S/C28H31FN6O3/c29-22-8-7-18(13-24(22)33-11-9-17(10-12-33)28(37)38)35-19-5-6-20(35)16-34(15-19)25-14-23(31-32-27(25)30)21-3-1-2-4-26(21)36/h1-4,7-8,13-14,17,19-20,36H,5-6,9-12,15-16H2,(H2,30,32)(H,37,38). The van der Waals surface area contributed by atoms with Gasteiger partial charge >= 0.3 is 5.97 Å². The monoisotopic (exact) mass is 518 g/mol. The van der Waals surface area contributed by atoms with Crippen LogP contribution in [0.5, 0.6) is 5.75 Å². The minimum Gasteiger partial charge on any atom is -0.507 e. The zero-order valence-electron chi connectivity index (χ0n) is 21.0. The number of hydrogen-bond donors (Lipinski definition) is 3. The third-order valence-electron chi connectivity index (χ3n) is 8.22. The molecule has 9 nitrogen and oxygen atoms in total. The maximum atomic E-state index is 14.9. The summed E-state index contributed by atoms with van der Waals surface area (Å²) in [6.07, 6.45) is 3.07. The molecule has 4 heterocycles. The summed E-state index contributed by atoms with van der Waals surface area (Å²) in [5, 5.41) is 28.0. The molecule has 1 aromatic heterocycles. The fourth-order valence-corrected chi connectivity index (χ4v) is 6.26. The van der Waals surface area contributed by atoms with Crippen molar-refractivity contribution < 1.29 is 19.4 Å². The Bertz CT molecular complexity index is 1350. The highest BCUT2D eigenvalue weighted by Gasteiger charge is 2.41. The number of fused-ring (bicyclic) bond motifs is 2. The molecule has 3 saturated heterocycles. The van der Waals surface area contributed by atoms with E-state index in [1.54, 1.807) is 18.2 Å². The number of nitrogens with zero attached hydrogens (tertiary/aromatic N) is 5. The van der Waals surface area contributed by atoms with Crippen LogP contribution in [-0.2, 0) is 4.79 Å². The molecule has 0 amide bonds. The molecule has 198 valence electrons. The molecule has 6 rings (SSSR count). The Morgan fingerprint density at radius 1 is 0.921 bits per heavy atom. The van der Waals surface area contributed by atoms with Crippen molar-refractivity contribution in [3.8, 4) is 17.0 Å². The smallest absolute Gasteiger partial charge is 0.306 e. The van der Waals surface area contributed by atoms with Crippen molar-refractivity contribution in [3.63, 3.8) is 0 Å². The Balaban J connectivity index is 1.23. The first-order valence-corrected chi connectivity index (χ1v) is 13.1. The number of hydrogen-bond acceptors (Lipinski definition) is 8. The molecule has 3 fully saturated rings. The number of benzene rings is 2. The highest BCUT2D eigenvalue weighted by Crippen LogP contribution is 2.40. The number of aromatic nitrogens is 2. The van der Waals surface area contributed by atoms with Gasteiger partial charge in [-0.3, -0.25) is 4.79 Å². The van der Waals surface area contributed by atoms with Gasteiger partial charge in [-0.25, -0.2) is 4.39 Å². The lowest BCUT2D eigenvalue weighted by molar-refractivity contribution is -0.142. The number of aromatic hydroxyl groups is 1. The van der Waals surface area contributed by atoms with Crippen molar-refractivity contribution in [2.45, 2.75) is 37.8 Å². The molecule has 2 unspecified atom stereocenters. The normalized spacial score (nSPS) is 21.7. The maximum Gasteiger partial charge on any atom is 0.306 e. The number of carboxylic acid groups (broad SMARTS) is 1. The highest BCUT2D eigenvalue weighted by atomic mass is 19.1. The SMILES string of the molecule is Nc1nnc(-c2ccccc2O)cc1N1CC2CCC(C1)N2c1ccc(F)c(N2CCC(C(=O)O)CC2)c1. The Morgan fingerprint density at radius 3 is 2.32 bits per heavy atom. The average molecular weight is 519 g/mol. The summed E-state index contributed by atoms with van der Waals surface area (Å²) in [5.41, 5.74) is 9.77. The number of nitrogens with two attached hydrogens (primary N) is 1. The number of piperazine rings is 1. The summed E-state index contributed by atoms with van der Waals surface area (Å²) >= 11 is 0. The fourth-order valence-electron chi connectivity index (χ4n) is 6.26. The number of anilines is 4. The molecule has 2 bridgehead atoms. The zero-order valence-corrected chi connectivity index (χ0v) is 21.0. The summed E-state index contributed by atoms with van der Waals surface area (Å²) in [7, 11) is 0. The number of halogens is 1. The summed E-state index contributed by atoms with van der Waals surface area (Å²) in [6.45, 7) is 2.55. The summed E-state index contributed by atoms with van der Waals surface area (Å²) in [5.74, 6) is -0.914. The van der Waals surface area contributed by atoms with Crippen molar-refractivity contribution >= 4 is 28.8 Å². The first-order valence-electron chi connectivity index (χ1n) is 13.1. The van der Waals surface area contributed by atoms with Crippen molar-refractivity contribution in [3.05, 3.63) is 54.3 Å². The summed E-state index contributed by atoms with van der Waals surface area (Å²) in [6, 6.07) is 14.7. The van der Waals surface area contributed by atoms with E-state index in [0.29, 0.717) is 48.7 Å². The minimum atomic E-state index is -0.772. The van der Waals surface area contributed by atoms with E-state index in [0.717, 1.165) is 37.3 Å². The molecule has 2 aromatic carbocycles. The van der Waals surface area contributed by atoms with Crippen LogP contribution in [0.2, 0.25) is 0 Å². The van der Waals surface area contributed by atoms with Crippen LogP contribution in [0.1, 0.15) is 25.7 Å². The Labute approximate surface area is 220 Å². The first kappa shape index (κ1) is 24.3. The molecule has 38 heavy (non-hydrogen) atoms. The molecule has 2 atom stereocenters. The third-order valence-corrected chi connectivity index (χ3v) is 8.22. The lowest BCUT2D eigenvalue weighted by Crippen LogP contribution is -2.54. The van der Waals surface area contributed by atoms with Crippen LogP contribution in [0.25, 0.3) is 11.3 Å². The van der Waals surface area contributed by atoms with Gasteiger partial charge in [0.2, 0.25) is 0 Å². The van der Waals surface area contributed by atoms with Gasteiger partial charge in [0.05, 0.1) is 23.0 Å². The van der Waals surface area contributed by atoms with Gasteiger partial charge < -0.3 is 30.6 Å². The van der Waals surface area contributed by atoms with Gasteiger partial charge in [-0.05, 0) is 62.1 Å². The molecule has 3 aliphatic heterocycles. The van der Waals surface area contributed by atoms with Crippen LogP contribution in [0.15, 0.2) is 48.5 Å². The molecule has 3 aliphatic rings. The Kier molecular flexibility index (Phi) is 6.17. The van der Waals surface area contributed by atoms with Crippen LogP contribution in [0.4, 0.5) is 27.3 Å². The number of aliphatic carboxylic acids is 1. The van der Waals surface area contributed by atoms with Crippen molar-refractivity contribution in [2.24, 2.45) is 5.92 Å². The molecular weight excluding hydrogens is 487 g/mol. The van der Waals surface area contributed by atoms with E-state index in [4.69, 9.17) is 5.73 Å². The van der Waals surface area contributed by atoms with E-state index < -0.39 is 5.97 Å². The van der Waals surface area contributed by atoms with E-state index in [1.165, 1.54) is 6.07 Å². The van der Waals surface area contributed by atoms with Gasteiger partial charge in [-0.2, -0.15) is 0 Å². The number of nitrogen functional groups attached to an aromatic ring is 1. The van der Waals surface area contributed by atoms with Crippen LogP contribution in [0.3, 0.4) is 0 Å². The molecule has 0 radical (unpaired) electrons. The highest BCUT2D eigenvalue weighted by molar-refractivity contribution is 5.75. The van der Waals surface area contributed by atoms with E-state index in [-0.39, 0.29) is 29.6 Å². The quantitative estimate of drug-likeness (QED) is 0.464. The molecule has 10 heteroatoms. The van der Waals surface area contributed by atoms with E-state index in [1.807, 2.05) is 29.2 Å². The lowest BCUT2D eigenvalue weighted by Gasteiger charge is -2.44. The predicted molar refractivity (Wildman–Crippen MR) is 144 cm³/mol. The lowest BCUT2D eigenvalue weighted by atomic mass is 9.96. The number of phenolic OH excluding ortho intramolecular Hbond substituents is 1. The molecule has 0 spiro atoms. The van der Waals surface area contributed by atoms with Crippen LogP contribution >= 0.6 is 0 Å². The molecule has 4 N–H and O–H groups in total. The largest absolute Gasteiger partial charge is 0.507 e. The van der Waals surface area contributed by atoms with Gasteiger partial charge in [-0.1, -0.05) is 12.1 Å². The van der Waals surface area contributed by atoms with Crippen LogP contribution in [-0.4, -0.2) is 64.6 Å². The van der Waals surface area contributed by atoms with E-state index in [9.17, 15) is 19.4 Å². The zero-order chi connectivity index (χ0) is 26.4. The number of carbonyl (C=O) groups is 1. The number of phenols is 1. The molecule has 0 saturated carbocycles. The number of rotatable bonds is 5. The second-order valence-electron chi connectivity index (χ2n) is 10.4. The number of piperidine rings is 1. The Morgan fingerprint density at radius 2 is 1.63 bits per heavy atom. The van der Waals surface area contributed by atoms with Crippen molar-refractivity contribution in [1.29, 1.82) is 0 Å².